The minimum Gasteiger partial charge on any atom is -0.300 e. The zero-order chi connectivity index (χ0) is 80.1. The Morgan fingerprint density at radius 1 is 0.196 bits per heavy atom. The predicted molar refractivity (Wildman–Crippen MR) is 472 cm³/mol. The summed E-state index contributed by atoms with van der Waals surface area (Å²) < 4.78 is 6.11. The van der Waals surface area contributed by atoms with Gasteiger partial charge in [0.1, 0.15) is 0 Å². The van der Waals surface area contributed by atoms with Gasteiger partial charge in [-0.3, -0.25) is 39.1 Å². The second kappa shape index (κ2) is 63.2. The number of aromatic amines is 4. The summed E-state index contributed by atoms with van der Waals surface area (Å²) in [6.45, 7) is 10.5. The molecule has 0 aliphatic heterocycles. The molecule has 634 valence electrons. The fourth-order valence-electron chi connectivity index (χ4n) is 16.8. The standard InChI is InChI=1S/C96H162N8O8/c1-5-9-13-17-21-25-29-33-37-41-45-49-53-57-61-65-73-101-77-83(89(105)97-93(101)109)87(84-78-102(94(110)98-90(84)106)74-66-62-58-54-50-46-42-38-34-30-26-22-18-14-10-6-2)81-69-71-82(72-70-81)88(85-79-103(95(111)99-91(85)107)75-67-63-59-55-51-47-43-39-35-31-27-23-19-15-11-7-3)86-80-104(96(112)100-92(86)108)76-68-64-60-56-52-48-44-40-36-32-28-24-20-16-12-8-4/h69-72,77-80,87-88H,5-68,73-76H2,1-4H3,(H,97,105,109)(H,98,106,110)(H,99,107,111)(H,100,108,112). The molecular weight excluding hydrogens is 1390 g/mol. The van der Waals surface area contributed by atoms with E-state index in [0.29, 0.717) is 63.0 Å². The van der Waals surface area contributed by atoms with Gasteiger partial charge in [0, 0.05) is 85.1 Å². The Morgan fingerprint density at radius 3 is 0.455 bits per heavy atom. The molecule has 0 bridgehead atoms. The first-order valence-corrected chi connectivity index (χ1v) is 47.4. The minimum absolute atomic E-state index is 0.147. The third kappa shape index (κ3) is 41.0. The van der Waals surface area contributed by atoms with Gasteiger partial charge in [0.25, 0.3) is 22.2 Å². The zero-order valence-electron chi connectivity index (χ0n) is 71.9. The second-order valence-corrected chi connectivity index (χ2v) is 33.9. The molecule has 0 aliphatic rings. The molecule has 4 heterocycles. The van der Waals surface area contributed by atoms with Crippen molar-refractivity contribution in [3.63, 3.8) is 0 Å². The molecule has 16 heteroatoms. The minimum atomic E-state index is -1.08. The summed E-state index contributed by atoms with van der Waals surface area (Å²) >= 11 is 0. The number of aromatic nitrogens is 8. The van der Waals surface area contributed by atoms with E-state index in [1.54, 1.807) is 49.1 Å². The third-order valence-corrected chi connectivity index (χ3v) is 24.0. The monoisotopic (exact) mass is 1560 g/mol. The number of nitrogens with zero attached hydrogens (tertiary/aromatic N) is 4. The Kier molecular flexibility index (Phi) is 54.5. The van der Waals surface area contributed by atoms with Gasteiger partial charge in [-0.25, -0.2) is 19.2 Å². The van der Waals surface area contributed by atoms with Crippen molar-refractivity contribution in [1.82, 2.24) is 38.2 Å². The van der Waals surface area contributed by atoms with Crippen molar-refractivity contribution in [2.24, 2.45) is 0 Å². The van der Waals surface area contributed by atoms with Crippen LogP contribution in [0.25, 0.3) is 0 Å². The Balaban J connectivity index is 1.39. The molecule has 4 aromatic heterocycles. The van der Waals surface area contributed by atoms with Crippen LogP contribution in [0.15, 0.2) is 87.4 Å². The SMILES string of the molecule is CCCCCCCCCCCCCCCCCCn1cc(C(c2ccc(C(c3cn(CCCCCCCCCCCCCCCCCC)c(=O)[nH]c3=O)c3cn(CCCCCCCCCCCCCCCCCC)c(=O)[nH]c3=O)cc2)c2cn(CCCCCCCCCCCCCCCCCC)c(=O)[nH]c2=O)c(=O)[nH]c1=O. The van der Waals surface area contributed by atoms with Crippen LogP contribution in [0, 0.1) is 0 Å². The Morgan fingerprint density at radius 2 is 0.321 bits per heavy atom. The molecule has 0 saturated heterocycles. The van der Waals surface area contributed by atoms with Crippen molar-refractivity contribution in [2.45, 2.75) is 477 Å². The van der Waals surface area contributed by atoms with Crippen LogP contribution in [0.5, 0.6) is 0 Å². The van der Waals surface area contributed by atoms with E-state index in [4.69, 9.17) is 0 Å². The van der Waals surface area contributed by atoms with Crippen molar-refractivity contribution in [3.8, 4) is 0 Å². The molecule has 0 unspecified atom stereocenters. The maximum atomic E-state index is 14.5. The summed E-state index contributed by atoms with van der Waals surface area (Å²) in [5.41, 5.74) is -3.26. The maximum Gasteiger partial charge on any atom is 0.328 e. The quantitative estimate of drug-likeness (QED) is 0.0274. The van der Waals surface area contributed by atoms with Gasteiger partial charge in [0.2, 0.25) is 0 Å². The van der Waals surface area contributed by atoms with Crippen LogP contribution >= 0.6 is 0 Å². The highest BCUT2D eigenvalue weighted by Gasteiger charge is 2.29. The van der Waals surface area contributed by atoms with E-state index >= 15 is 0 Å². The first kappa shape index (κ1) is 96.5. The van der Waals surface area contributed by atoms with Crippen molar-refractivity contribution >= 4 is 0 Å². The molecule has 5 aromatic rings. The number of hydrogen-bond acceptors (Lipinski definition) is 8. The average Bonchev–Trinajstić information content (AvgIpc) is 0.757. The molecule has 0 saturated carbocycles. The average molecular weight is 1560 g/mol. The van der Waals surface area contributed by atoms with Crippen molar-refractivity contribution in [1.29, 1.82) is 0 Å². The molecule has 0 spiro atoms. The highest BCUT2D eigenvalue weighted by atomic mass is 16.2. The fourth-order valence-corrected chi connectivity index (χ4v) is 16.8. The normalized spacial score (nSPS) is 11.8. The number of unbranched alkanes of at least 4 members (excludes halogenated alkanes) is 60. The smallest absolute Gasteiger partial charge is 0.300 e. The van der Waals surface area contributed by atoms with Crippen LogP contribution in [0.3, 0.4) is 0 Å². The number of aryl methyl sites for hydroxylation is 4. The molecule has 1 aromatic carbocycles. The second-order valence-electron chi connectivity index (χ2n) is 33.9. The molecule has 4 N–H and O–H groups in total. The lowest BCUT2D eigenvalue weighted by Gasteiger charge is -2.22. The first-order chi connectivity index (χ1) is 54.9. The van der Waals surface area contributed by atoms with E-state index in [9.17, 15) is 38.4 Å². The molecule has 0 atom stereocenters. The number of hydrogen-bond donors (Lipinski definition) is 4. The third-order valence-electron chi connectivity index (χ3n) is 24.0. The Labute approximate surface area is 677 Å². The Hall–Kier alpha value is -6.06. The number of nitrogens with one attached hydrogen (secondary N) is 4. The van der Waals surface area contributed by atoms with Crippen LogP contribution < -0.4 is 45.0 Å². The highest BCUT2D eigenvalue weighted by Crippen LogP contribution is 2.33. The van der Waals surface area contributed by atoms with Crippen LogP contribution in [-0.4, -0.2) is 38.2 Å². The van der Waals surface area contributed by atoms with Crippen LogP contribution in [-0.2, 0) is 26.2 Å². The van der Waals surface area contributed by atoms with E-state index in [1.807, 2.05) is 0 Å². The summed E-state index contributed by atoms with van der Waals surface area (Å²) in [5, 5.41) is 0. The lowest BCUT2D eigenvalue weighted by Crippen LogP contribution is -2.37. The summed E-state index contributed by atoms with van der Waals surface area (Å²) in [6.07, 6.45) is 84.2. The van der Waals surface area contributed by atoms with Crippen molar-refractivity contribution in [2.75, 3.05) is 0 Å². The van der Waals surface area contributed by atoms with Crippen LogP contribution in [0.1, 0.15) is 484 Å². The first-order valence-electron chi connectivity index (χ1n) is 47.4. The summed E-state index contributed by atoms with van der Waals surface area (Å²) in [4.78, 5) is 124. The lowest BCUT2D eigenvalue weighted by molar-refractivity contribution is 0.514. The van der Waals surface area contributed by atoms with E-state index in [1.165, 1.54) is 326 Å². The van der Waals surface area contributed by atoms with Gasteiger partial charge in [-0.05, 0) is 36.8 Å². The van der Waals surface area contributed by atoms with Crippen molar-refractivity contribution in [3.05, 3.63) is 166 Å². The van der Waals surface area contributed by atoms with Gasteiger partial charge in [-0.15, -0.1) is 0 Å². The van der Waals surface area contributed by atoms with Gasteiger partial charge in [-0.1, -0.05) is 437 Å². The molecular formula is C96H162N8O8. The molecule has 0 amide bonds. The van der Waals surface area contributed by atoms with E-state index in [-0.39, 0.29) is 22.3 Å². The molecule has 16 nitrogen and oxygen atoms in total. The van der Waals surface area contributed by atoms with Crippen molar-refractivity contribution < 1.29 is 0 Å². The fraction of sp³-hybridized carbons (Fsp3) is 0.771. The Bertz CT molecular complexity index is 3230. The number of H-pyrrole nitrogens is 4. The van der Waals surface area contributed by atoms with E-state index < -0.39 is 56.8 Å². The number of benzene rings is 1. The molecule has 5 rings (SSSR count). The van der Waals surface area contributed by atoms with Gasteiger partial charge in [0.15, 0.2) is 0 Å². The topological polar surface area (TPSA) is 219 Å². The van der Waals surface area contributed by atoms with Gasteiger partial charge in [-0.2, -0.15) is 0 Å². The summed E-state index contributed by atoms with van der Waals surface area (Å²) in [7, 11) is 0. The largest absolute Gasteiger partial charge is 0.328 e. The van der Waals surface area contributed by atoms with E-state index in [2.05, 4.69) is 47.6 Å². The van der Waals surface area contributed by atoms with E-state index in [0.717, 1.165) is 77.0 Å². The zero-order valence-corrected chi connectivity index (χ0v) is 71.9. The summed E-state index contributed by atoms with van der Waals surface area (Å²) in [5.74, 6) is -2.16. The van der Waals surface area contributed by atoms with Gasteiger partial charge >= 0.3 is 22.8 Å². The maximum absolute atomic E-state index is 14.5. The molecule has 0 fully saturated rings. The molecule has 112 heavy (non-hydrogen) atoms. The van der Waals surface area contributed by atoms with Gasteiger partial charge < -0.3 is 18.3 Å². The molecule has 0 aliphatic carbocycles. The van der Waals surface area contributed by atoms with Crippen LogP contribution in [0.2, 0.25) is 0 Å². The lowest BCUT2D eigenvalue weighted by atomic mass is 9.83. The molecule has 0 radical (unpaired) electrons. The van der Waals surface area contributed by atoms with Gasteiger partial charge in [0.05, 0.1) is 0 Å². The highest BCUT2D eigenvalue weighted by molar-refractivity contribution is 5.45. The number of rotatable bonds is 74. The predicted octanol–water partition coefficient (Wildman–Crippen LogP) is 24.5. The van der Waals surface area contributed by atoms with Crippen LogP contribution in [0.4, 0.5) is 0 Å². The summed E-state index contributed by atoms with van der Waals surface area (Å²) in [6, 6.07) is 7.07.